The number of nitrogens with one attached hydrogen (secondary N) is 1. The van der Waals surface area contributed by atoms with Crippen LogP contribution < -0.4 is 5.32 Å². The van der Waals surface area contributed by atoms with Gasteiger partial charge in [0.05, 0.1) is 22.4 Å². The van der Waals surface area contributed by atoms with E-state index in [1.165, 1.54) is 10.5 Å². The minimum Gasteiger partial charge on any atom is -0.372 e. The number of methoxy groups -OCH3 is 1. The summed E-state index contributed by atoms with van der Waals surface area (Å²) in [5, 5.41) is 4.52. The molecule has 1 spiro atoms. The average Bonchev–Trinajstić information content (AvgIpc) is 3.35. The van der Waals surface area contributed by atoms with Gasteiger partial charge in [0.1, 0.15) is 11.1 Å². The molecule has 2 aliphatic heterocycles. The number of ether oxygens (including phenoxy) is 1. The molecule has 2 unspecified atom stereocenters. The molecule has 6 rings (SSSR count). The Bertz CT molecular complexity index is 1470. The van der Waals surface area contributed by atoms with Gasteiger partial charge in [-0.25, -0.2) is 8.42 Å². The van der Waals surface area contributed by atoms with Crippen molar-refractivity contribution in [2.45, 2.75) is 29.5 Å². The Morgan fingerprint density at radius 2 is 1.91 bits per heavy atom. The van der Waals surface area contributed by atoms with Crippen LogP contribution in [0.1, 0.15) is 18.5 Å². The van der Waals surface area contributed by atoms with Gasteiger partial charge in [0.15, 0.2) is 0 Å². The van der Waals surface area contributed by atoms with Gasteiger partial charge in [0.2, 0.25) is 10.0 Å². The number of piperidine rings is 1. The van der Waals surface area contributed by atoms with Crippen molar-refractivity contribution in [3.8, 4) is 5.69 Å². The van der Waals surface area contributed by atoms with Gasteiger partial charge in [-0.2, -0.15) is 4.31 Å². The minimum absolute atomic E-state index is 0.185. The maximum absolute atomic E-state index is 13.6. The number of pyridine rings is 1. The molecule has 2 aliphatic rings. The monoisotopic (exact) mass is 460 g/mol. The third-order valence-corrected chi connectivity index (χ3v) is 8.68. The molecule has 7 nitrogen and oxygen atoms in total. The average molecular weight is 461 g/mol. The summed E-state index contributed by atoms with van der Waals surface area (Å²) in [5.74, 6) is 0. The molecule has 1 N–H and O–H groups in total. The largest absolute Gasteiger partial charge is 0.372 e. The van der Waals surface area contributed by atoms with E-state index in [0.29, 0.717) is 19.4 Å². The van der Waals surface area contributed by atoms with E-state index < -0.39 is 21.8 Å². The highest BCUT2D eigenvalue weighted by Gasteiger charge is 2.48. The highest BCUT2D eigenvalue weighted by Crippen LogP contribution is 2.45. The van der Waals surface area contributed by atoms with E-state index in [0.717, 1.165) is 28.0 Å². The van der Waals surface area contributed by atoms with Crippen LogP contribution >= 0.6 is 0 Å². The van der Waals surface area contributed by atoms with Crippen molar-refractivity contribution in [1.82, 2.24) is 13.9 Å². The fourth-order valence-corrected chi connectivity index (χ4v) is 6.72. The summed E-state index contributed by atoms with van der Waals surface area (Å²) in [6.45, 7) is 0.327. The normalized spacial score (nSPS) is 22.6. The summed E-state index contributed by atoms with van der Waals surface area (Å²) in [4.78, 5) is 4.55. The van der Waals surface area contributed by atoms with Crippen LogP contribution in [0.25, 0.3) is 16.6 Å². The van der Waals surface area contributed by atoms with Gasteiger partial charge in [-0.05, 0) is 42.8 Å². The maximum Gasteiger partial charge on any atom is 0.246 e. The third-order valence-electron chi connectivity index (χ3n) is 6.82. The second-order valence-corrected chi connectivity index (χ2v) is 10.5. The molecule has 4 heterocycles. The Kier molecular flexibility index (Phi) is 4.58. The van der Waals surface area contributed by atoms with Crippen molar-refractivity contribution in [1.29, 1.82) is 0 Å². The molecule has 0 aliphatic carbocycles. The lowest BCUT2D eigenvalue weighted by atomic mass is 9.82. The molecule has 0 amide bonds. The molecule has 2 atom stereocenters. The van der Waals surface area contributed by atoms with Crippen LogP contribution in [-0.2, 0) is 20.3 Å². The number of sulfonamides is 1. The van der Waals surface area contributed by atoms with Crippen molar-refractivity contribution in [2.24, 2.45) is 0 Å². The lowest BCUT2D eigenvalue weighted by Crippen LogP contribution is -2.56. The smallest absolute Gasteiger partial charge is 0.246 e. The van der Waals surface area contributed by atoms with Crippen molar-refractivity contribution in [3.05, 3.63) is 84.8 Å². The van der Waals surface area contributed by atoms with E-state index in [-0.39, 0.29) is 4.90 Å². The highest BCUT2D eigenvalue weighted by molar-refractivity contribution is 7.89. The zero-order valence-corrected chi connectivity index (χ0v) is 19.0. The Morgan fingerprint density at radius 3 is 2.79 bits per heavy atom. The number of para-hydroxylation sites is 3. The van der Waals surface area contributed by atoms with Gasteiger partial charge in [-0.1, -0.05) is 30.3 Å². The topological polar surface area (TPSA) is 76.5 Å². The number of aromatic nitrogens is 2. The summed E-state index contributed by atoms with van der Waals surface area (Å²) in [6.07, 6.45) is 3.99. The Balaban J connectivity index is 1.37. The fourth-order valence-electron chi connectivity index (χ4n) is 5.19. The zero-order valence-electron chi connectivity index (χ0n) is 18.2. The van der Waals surface area contributed by atoms with Crippen LogP contribution in [0.15, 0.2) is 84.0 Å². The van der Waals surface area contributed by atoms with Crippen molar-refractivity contribution in [2.75, 3.05) is 19.0 Å². The molecule has 0 saturated carbocycles. The van der Waals surface area contributed by atoms with E-state index in [9.17, 15) is 8.42 Å². The molecule has 2 aromatic heterocycles. The van der Waals surface area contributed by atoms with E-state index in [4.69, 9.17) is 4.74 Å². The van der Waals surface area contributed by atoms with Crippen molar-refractivity contribution >= 4 is 26.6 Å². The molecule has 4 aromatic rings. The van der Waals surface area contributed by atoms with Crippen molar-refractivity contribution < 1.29 is 13.2 Å². The first-order chi connectivity index (χ1) is 16.0. The van der Waals surface area contributed by atoms with E-state index in [2.05, 4.69) is 39.3 Å². The molecule has 0 bridgehead atoms. The first-order valence-corrected chi connectivity index (χ1v) is 12.4. The van der Waals surface area contributed by atoms with Gasteiger partial charge in [-0.15, -0.1) is 0 Å². The van der Waals surface area contributed by atoms with E-state index >= 15 is 0 Å². The quantitative estimate of drug-likeness (QED) is 0.498. The van der Waals surface area contributed by atoms with Gasteiger partial charge < -0.3 is 14.6 Å². The maximum atomic E-state index is 13.6. The molecular weight excluding hydrogens is 436 g/mol. The number of rotatable bonds is 3. The van der Waals surface area contributed by atoms with Crippen LogP contribution in [0.3, 0.4) is 0 Å². The Hall–Kier alpha value is -3.20. The predicted molar refractivity (Wildman–Crippen MR) is 127 cm³/mol. The lowest BCUT2D eigenvalue weighted by Gasteiger charge is -2.48. The second kappa shape index (κ2) is 7.41. The predicted octanol–water partition coefficient (Wildman–Crippen LogP) is 4.10. The van der Waals surface area contributed by atoms with Crippen LogP contribution in [0, 0.1) is 0 Å². The van der Waals surface area contributed by atoms with Crippen molar-refractivity contribution in [3.63, 3.8) is 0 Å². The highest BCUT2D eigenvalue weighted by atomic mass is 32.2. The summed E-state index contributed by atoms with van der Waals surface area (Å²) in [6, 6.07) is 21.5. The van der Waals surface area contributed by atoms with Gasteiger partial charge >= 0.3 is 0 Å². The summed E-state index contributed by atoms with van der Waals surface area (Å²) < 4.78 is 36.7. The number of fused-ring (bicyclic) bond motifs is 5. The molecule has 1 saturated heterocycles. The number of nitrogens with zero attached hydrogens (tertiary/aromatic N) is 3. The fraction of sp³-hybridized carbons (Fsp3) is 0.240. The first-order valence-electron chi connectivity index (χ1n) is 11.0. The number of benzene rings is 2. The standard InChI is InChI=1S/C25H24N4O3S/c1-32-24-16-25(23-11-6-13-28(23)22-10-5-4-9-21(22)27-25)12-14-29(24)33(30,31)19-15-18-7-2-3-8-20(18)26-17-19/h2-11,13,15,17,24,27H,12,14,16H2,1H3. The van der Waals surface area contributed by atoms with Crippen LogP contribution in [0.2, 0.25) is 0 Å². The summed E-state index contributed by atoms with van der Waals surface area (Å²) >= 11 is 0. The van der Waals surface area contributed by atoms with Crippen LogP contribution in [0.5, 0.6) is 0 Å². The Labute approximate surface area is 192 Å². The van der Waals surface area contributed by atoms with E-state index in [1.807, 2.05) is 42.5 Å². The summed E-state index contributed by atoms with van der Waals surface area (Å²) in [5.41, 5.74) is 3.59. The van der Waals surface area contributed by atoms with E-state index in [1.54, 1.807) is 13.2 Å². The van der Waals surface area contributed by atoms with Crippen LogP contribution in [-0.4, -0.2) is 42.2 Å². The van der Waals surface area contributed by atoms with Gasteiger partial charge in [0, 0.05) is 43.5 Å². The third kappa shape index (κ3) is 3.09. The second-order valence-electron chi connectivity index (χ2n) is 8.61. The molecule has 0 radical (unpaired) electrons. The van der Waals surface area contributed by atoms with Crippen LogP contribution in [0.4, 0.5) is 5.69 Å². The molecule has 8 heteroatoms. The minimum atomic E-state index is -3.78. The summed E-state index contributed by atoms with van der Waals surface area (Å²) in [7, 11) is -2.21. The molecule has 2 aromatic carbocycles. The first kappa shape index (κ1) is 20.4. The van der Waals surface area contributed by atoms with Gasteiger partial charge in [0.25, 0.3) is 0 Å². The molecule has 33 heavy (non-hydrogen) atoms. The number of hydrogen-bond donors (Lipinski definition) is 1. The number of anilines is 1. The van der Waals surface area contributed by atoms with Gasteiger partial charge in [-0.3, -0.25) is 4.98 Å². The SMILES string of the molecule is COC1CC2(CCN1S(=O)(=O)c1cnc3ccccc3c1)Nc1ccccc1-n1cccc12. The molecule has 1 fully saturated rings. The number of hydrogen-bond acceptors (Lipinski definition) is 5. The zero-order chi connectivity index (χ0) is 22.6. The lowest BCUT2D eigenvalue weighted by molar-refractivity contribution is -0.0309. The Morgan fingerprint density at radius 1 is 1.09 bits per heavy atom. The molecular formula is C25H24N4O3S. The molecule has 168 valence electrons.